The minimum absolute atomic E-state index is 0.0570. The summed E-state index contributed by atoms with van der Waals surface area (Å²) in [6, 6.07) is 12.2. The first kappa shape index (κ1) is 27.2. The van der Waals surface area contributed by atoms with E-state index in [1.54, 1.807) is 47.1 Å². The Morgan fingerprint density at radius 1 is 1.23 bits per heavy atom. The average molecular weight is 554 g/mol. The lowest BCUT2D eigenvalue weighted by Gasteiger charge is -2.28. The molecule has 0 spiro atoms. The SMILES string of the molecule is C[C@@H](/C=C/CC(=O)N1CCC[C@H]1CO)[C@]1(O)C(=O)N(Cc2cccc(N3CCOC3=O)c2)c2ccc(Cl)cc21. The summed E-state index contributed by atoms with van der Waals surface area (Å²) in [4.78, 5) is 43.3. The van der Waals surface area contributed by atoms with Crippen LogP contribution in [0.2, 0.25) is 5.02 Å². The van der Waals surface area contributed by atoms with Gasteiger partial charge in [0.1, 0.15) is 6.61 Å². The molecule has 0 bridgehead atoms. The van der Waals surface area contributed by atoms with Crippen LogP contribution in [-0.4, -0.2) is 65.4 Å². The third-order valence-electron chi connectivity index (χ3n) is 7.84. The van der Waals surface area contributed by atoms with Gasteiger partial charge in [-0.05, 0) is 48.7 Å². The molecule has 3 aliphatic rings. The largest absolute Gasteiger partial charge is 0.447 e. The van der Waals surface area contributed by atoms with Gasteiger partial charge in [0.05, 0.1) is 31.4 Å². The van der Waals surface area contributed by atoms with Crippen LogP contribution in [0.25, 0.3) is 0 Å². The van der Waals surface area contributed by atoms with Crippen molar-refractivity contribution in [2.45, 2.75) is 44.4 Å². The van der Waals surface area contributed by atoms with Gasteiger partial charge in [-0.3, -0.25) is 14.5 Å². The van der Waals surface area contributed by atoms with E-state index >= 15 is 0 Å². The van der Waals surface area contributed by atoms with Crippen molar-refractivity contribution in [2.24, 2.45) is 5.92 Å². The smallest absolute Gasteiger partial charge is 0.414 e. The lowest BCUT2D eigenvalue weighted by Crippen LogP contribution is -2.44. The van der Waals surface area contributed by atoms with E-state index in [0.717, 1.165) is 18.4 Å². The molecule has 10 heteroatoms. The molecule has 0 saturated carbocycles. The number of halogens is 1. The average Bonchev–Trinajstić information content (AvgIpc) is 3.63. The molecule has 2 fully saturated rings. The number of fused-ring (bicyclic) bond motifs is 1. The number of rotatable bonds is 8. The Balaban J connectivity index is 1.37. The molecule has 3 heterocycles. The molecule has 2 aromatic carbocycles. The Morgan fingerprint density at radius 3 is 2.79 bits per heavy atom. The van der Waals surface area contributed by atoms with Crippen LogP contribution in [0.5, 0.6) is 0 Å². The number of anilines is 2. The van der Waals surface area contributed by atoms with Gasteiger partial charge in [0.15, 0.2) is 5.60 Å². The van der Waals surface area contributed by atoms with Crippen LogP contribution < -0.4 is 9.80 Å². The first-order valence-electron chi connectivity index (χ1n) is 13.2. The van der Waals surface area contributed by atoms with Crippen molar-refractivity contribution in [1.82, 2.24) is 4.90 Å². The second-order valence-corrected chi connectivity index (χ2v) is 10.7. The summed E-state index contributed by atoms with van der Waals surface area (Å²) in [5, 5.41) is 21.8. The Kier molecular flexibility index (Phi) is 7.66. The molecular weight excluding hydrogens is 522 g/mol. The van der Waals surface area contributed by atoms with Crippen molar-refractivity contribution in [3.05, 3.63) is 70.8 Å². The molecule has 3 atom stereocenters. The van der Waals surface area contributed by atoms with E-state index in [4.69, 9.17) is 16.3 Å². The molecule has 0 aliphatic carbocycles. The molecule has 39 heavy (non-hydrogen) atoms. The van der Waals surface area contributed by atoms with Crippen molar-refractivity contribution < 1.29 is 29.3 Å². The lowest BCUT2D eigenvalue weighted by molar-refractivity contribution is -0.139. The zero-order valence-corrected chi connectivity index (χ0v) is 22.5. The number of amides is 3. The number of aliphatic hydroxyl groups is 2. The summed E-state index contributed by atoms with van der Waals surface area (Å²) in [6.07, 6.45) is 4.72. The first-order chi connectivity index (χ1) is 18.7. The molecule has 206 valence electrons. The van der Waals surface area contributed by atoms with Gasteiger partial charge < -0.3 is 24.7 Å². The number of likely N-dealkylation sites (tertiary alicyclic amines) is 1. The van der Waals surface area contributed by atoms with Crippen molar-refractivity contribution in [3.8, 4) is 0 Å². The first-order valence-corrected chi connectivity index (χ1v) is 13.6. The van der Waals surface area contributed by atoms with Gasteiger partial charge in [-0.1, -0.05) is 42.8 Å². The van der Waals surface area contributed by atoms with Crippen molar-refractivity contribution in [1.29, 1.82) is 0 Å². The molecular formula is C29H32ClN3O6. The van der Waals surface area contributed by atoms with Crippen molar-refractivity contribution in [3.63, 3.8) is 0 Å². The highest BCUT2D eigenvalue weighted by Gasteiger charge is 2.52. The molecule has 5 rings (SSSR count). The maximum absolute atomic E-state index is 13.8. The number of ether oxygens (including phenoxy) is 1. The van der Waals surface area contributed by atoms with Crippen molar-refractivity contribution in [2.75, 3.05) is 36.1 Å². The van der Waals surface area contributed by atoms with Crippen LogP contribution in [0.3, 0.4) is 0 Å². The molecule has 2 N–H and O–H groups in total. The van der Waals surface area contributed by atoms with Crippen LogP contribution in [0, 0.1) is 5.92 Å². The fourth-order valence-electron chi connectivity index (χ4n) is 5.69. The molecule has 3 aliphatic heterocycles. The predicted octanol–water partition coefficient (Wildman–Crippen LogP) is 3.60. The van der Waals surface area contributed by atoms with Gasteiger partial charge in [0.25, 0.3) is 5.91 Å². The van der Waals surface area contributed by atoms with E-state index in [0.29, 0.717) is 41.7 Å². The summed E-state index contributed by atoms with van der Waals surface area (Å²) >= 11 is 6.29. The minimum Gasteiger partial charge on any atom is -0.447 e. The molecule has 2 saturated heterocycles. The standard InChI is InChI=1S/C29H32ClN3O6/c1-19(5-2-9-26(35)31-12-4-8-23(31)18-34)29(38)24-16-21(30)10-11-25(24)33(27(29)36)17-20-6-3-7-22(15-20)32-13-14-39-28(32)37/h2-3,5-7,10-11,15-16,19,23,34,38H,4,8-9,12-14,17-18H2,1H3/b5-2+/t19-,23-,29+/m0/s1. The van der Waals surface area contributed by atoms with Gasteiger partial charge in [0, 0.05) is 35.2 Å². The number of hydrogen-bond donors (Lipinski definition) is 2. The van der Waals surface area contributed by atoms with Crippen LogP contribution >= 0.6 is 11.6 Å². The maximum Gasteiger partial charge on any atom is 0.414 e. The summed E-state index contributed by atoms with van der Waals surface area (Å²) in [7, 11) is 0. The molecule has 0 radical (unpaired) electrons. The number of aliphatic hydroxyl groups excluding tert-OH is 1. The second kappa shape index (κ2) is 11.0. The topological polar surface area (TPSA) is 111 Å². The summed E-state index contributed by atoms with van der Waals surface area (Å²) < 4.78 is 5.04. The number of cyclic esters (lactones) is 1. The highest BCUT2D eigenvalue weighted by Crippen LogP contribution is 2.46. The van der Waals surface area contributed by atoms with Gasteiger partial charge >= 0.3 is 6.09 Å². The summed E-state index contributed by atoms with van der Waals surface area (Å²) in [5.41, 5.74) is 0.538. The fraction of sp³-hybridized carbons (Fsp3) is 0.414. The molecule has 3 amide bonds. The maximum atomic E-state index is 13.8. The number of carbonyl (C=O) groups excluding carboxylic acids is 3. The Morgan fingerprint density at radius 2 is 2.05 bits per heavy atom. The zero-order valence-electron chi connectivity index (χ0n) is 21.8. The van der Waals surface area contributed by atoms with E-state index in [-0.39, 0.29) is 31.5 Å². The van der Waals surface area contributed by atoms with Gasteiger partial charge in [0.2, 0.25) is 5.91 Å². The summed E-state index contributed by atoms with van der Waals surface area (Å²) in [5.74, 6) is -1.24. The number of carbonyl (C=O) groups is 3. The molecule has 9 nitrogen and oxygen atoms in total. The molecule has 2 aromatic rings. The van der Waals surface area contributed by atoms with E-state index in [1.807, 2.05) is 24.3 Å². The zero-order chi connectivity index (χ0) is 27.7. The highest BCUT2D eigenvalue weighted by atomic mass is 35.5. The molecule has 0 unspecified atom stereocenters. The van der Waals surface area contributed by atoms with Crippen LogP contribution in [0.1, 0.15) is 37.3 Å². The third-order valence-corrected chi connectivity index (χ3v) is 8.07. The van der Waals surface area contributed by atoms with E-state index in [2.05, 4.69) is 0 Å². The highest BCUT2D eigenvalue weighted by molar-refractivity contribution is 6.31. The van der Waals surface area contributed by atoms with Gasteiger partial charge in [-0.2, -0.15) is 0 Å². The Labute approximate surface area is 232 Å². The number of hydrogen-bond acceptors (Lipinski definition) is 6. The number of benzene rings is 2. The van der Waals surface area contributed by atoms with Gasteiger partial charge in [-0.15, -0.1) is 0 Å². The Hall–Kier alpha value is -3.40. The van der Waals surface area contributed by atoms with Gasteiger partial charge in [-0.25, -0.2) is 4.79 Å². The normalized spacial score (nSPS) is 23.6. The van der Waals surface area contributed by atoms with Crippen LogP contribution in [0.4, 0.5) is 16.2 Å². The van der Waals surface area contributed by atoms with Crippen LogP contribution in [0.15, 0.2) is 54.6 Å². The minimum atomic E-state index is -1.88. The lowest BCUT2D eigenvalue weighted by atomic mass is 9.83. The van der Waals surface area contributed by atoms with E-state index in [1.165, 1.54) is 4.90 Å². The fourth-order valence-corrected chi connectivity index (χ4v) is 5.86. The van der Waals surface area contributed by atoms with Crippen LogP contribution in [-0.2, 0) is 26.5 Å². The third kappa shape index (κ3) is 5.02. The Bertz CT molecular complexity index is 1320. The second-order valence-electron chi connectivity index (χ2n) is 10.2. The quantitative estimate of drug-likeness (QED) is 0.483. The molecule has 0 aromatic heterocycles. The summed E-state index contributed by atoms with van der Waals surface area (Å²) in [6.45, 7) is 3.26. The number of nitrogens with zero attached hydrogens (tertiary/aromatic N) is 3. The van der Waals surface area contributed by atoms with E-state index < -0.39 is 23.5 Å². The van der Waals surface area contributed by atoms with Crippen molar-refractivity contribution >= 4 is 40.9 Å². The predicted molar refractivity (Wildman–Crippen MR) is 146 cm³/mol. The van der Waals surface area contributed by atoms with E-state index in [9.17, 15) is 24.6 Å². The monoisotopic (exact) mass is 553 g/mol.